The Bertz CT molecular complexity index is 687. The van der Waals surface area contributed by atoms with E-state index in [1.165, 1.54) is 23.2 Å². The number of likely N-dealkylation sites (tertiary alicyclic amines) is 1. The van der Waals surface area contributed by atoms with Gasteiger partial charge in [0.1, 0.15) is 6.26 Å². The first kappa shape index (κ1) is 16.4. The van der Waals surface area contributed by atoms with Gasteiger partial charge in [0, 0.05) is 44.6 Å². The van der Waals surface area contributed by atoms with Gasteiger partial charge in [-0.25, -0.2) is 0 Å². The van der Waals surface area contributed by atoms with Crippen molar-refractivity contribution in [3.05, 3.63) is 47.9 Å². The zero-order valence-electron chi connectivity index (χ0n) is 14.6. The van der Waals surface area contributed by atoms with E-state index in [1.807, 2.05) is 4.90 Å². The average molecular weight is 327 g/mol. The summed E-state index contributed by atoms with van der Waals surface area (Å²) in [6, 6.07) is 8.47. The maximum absolute atomic E-state index is 12.3. The van der Waals surface area contributed by atoms with Gasteiger partial charge in [-0.15, -0.1) is 0 Å². The van der Waals surface area contributed by atoms with E-state index in [0.29, 0.717) is 11.6 Å². The van der Waals surface area contributed by atoms with Crippen molar-refractivity contribution in [1.29, 1.82) is 0 Å². The Kier molecular flexibility index (Phi) is 4.79. The molecule has 0 saturated carbocycles. The molecule has 1 N–H and O–H groups in total. The molecule has 1 aromatic heterocycles. The zero-order valence-corrected chi connectivity index (χ0v) is 14.6. The van der Waals surface area contributed by atoms with E-state index < -0.39 is 0 Å². The lowest BCUT2D eigenvalue weighted by Gasteiger charge is -2.33. The molecule has 24 heavy (non-hydrogen) atoms. The molecule has 5 nitrogen and oxygen atoms in total. The summed E-state index contributed by atoms with van der Waals surface area (Å²) in [7, 11) is 4.12. The van der Waals surface area contributed by atoms with Crippen LogP contribution in [-0.4, -0.2) is 44.0 Å². The van der Waals surface area contributed by atoms with Crippen LogP contribution in [0.1, 0.15) is 28.8 Å². The van der Waals surface area contributed by atoms with Crippen LogP contribution in [-0.2, 0) is 0 Å². The van der Waals surface area contributed by atoms with Gasteiger partial charge in [0.05, 0.1) is 11.8 Å². The van der Waals surface area contributed by atoms with Crippen molar-refractivity contribution in [2.24, 2.45) is 0 Å². The van der Waals surface area contributed by atoms with Gasteiger partial charge in [-0.1, -0.05) is 6.07 Å². The normalized spacial score (nSPS) is 15.4. The smallest absolute Gasteiger partial charge is 0.257 e. The average Bonchev–Trinajstić information content (AvgIpc) is 3.11. The monoisotopic (exact) mass is 327 g/mol. The van der Waals surface area contributed by atoms with E-state index in [1.54, 1.807) is 12.3 Å². The number of nitrogens with one attached hydrogen (secondary N) is 1. The molecule has 1 amide bonds. The highest BCUT2D eigenvalue weighted by molar-refractivity contribution is 5.93. The molecule has 0 atom stereocenters. The largest absolute Gasteiger partial charge is 0.472 e. The second-order valence-electron chi connectivity index (χ2n) is 6.57. The van der Waals surface area contributed by atoms with Gasteiger partial charge < -0.3 is 19.5 Å². The lowest BCUT2D eigenvalue weighted by atomic mass is 10.0. The highest BCUT2D eigenvalue weighted by Crippen LogP contribution is 2.27. The lowest BCUT2D eigenvalue weighted by Crippen LogP contribution is -2.42. The molecule has 0 bridgehead atoms. The van der Waals surface area contributed by atoms with E-state index in [-0.39, 0.29) is 5.91 Å². The number of anilines is 2. The lowest BCUT2D eigenvalue weighted by molar-refractivity contribution is 0.0718. The Morgan fingerprint density at radius 3 is 2.62 bits per heavy atom. The number of rotatable bonds is 4. The maximum Gasteiger partial charge on any atom is 0.257 e. The molecular weight excluding hydrogens is 302 g/mol. The van der Waals surface area contributed by atoms with E-state index in [4.69, 9.17) is 4.42 Å². The van der Waals surface area contributed by atoms with E-state index in [2.05, 4.69) is 49.4 Å². The quantitative estimate of drug-likeness (QED) is 0.935. The molecule has 1 aromatic carbocycles. The minimum absolute atomic E-state index is 0.0629. The summed E-state index contributed by atoms with van der Waals surface area (Å²) in [4.78, 5) is 16.4. The van der Waals surface area contributed by atoms with Crippen molar-refractivity contribution >= 4 is 17.3 Å². The molecule has 3 rings (SSSR count). The van der Waals surface area contributed by atoms with Crippen molar-refractivity contribution in [2.45, 2.75) is 25.8 Å². The van der Waals surface area contributed by atoms with Gasteiger partial charge in [0.25, 0.3) is 5.91 Å². The summed E-state index contributed by atoms with van der Waals surface area (Å²) in [6.45, 7) is 3.69. The number of carbonyl (C=O) groups excluding carboxylic acids is 1. The van der Waals surface area contributed by atoms with Crippen LogP contribution in [0.2, 0.25) is 0 Å². The number of furan rings is 1. The third-order valence-electron chi connectivity index (χ3n) is 4.70. The van der Waals surface area contributed by atoms with Crippen LogP contribution < -0.4 is 10.2 Å². The molecule has 1 saturated heterocycles. The van der Waals surface area contributed by atoms with Crippen molar-refractivity contribution in [1.82, 2.24) is 4.90 Å². The van der Waals surface area contributed by atoms with Crippen LogP contribution in [0.25, 0.3) is 0 Å². The molecule has 0 spiro atoms. The zero-order chi connectivity index (χ0) is 17.1. The van der Waals surface area contributed by atoms with E-state index >= 15 is 0 Å². The summed E-state index contributed by atoms with van der Waals surface area (Å²) in [5.41, 5.74) is 4.31. The number of benzene rings is 1. The van der Waals surface area contributed by atoms with Crippen molar-refractivity contribution in [3.63, 3.8) is 0 Å². The molecule has 0 radical (unpaired) electrons. The summed E-state index contributed by atoms with van der Waals surface area (Å²) >= 11 is 0. The Labute approximate surface area is 143 Å². The fourth-order valence-electron chi connectivity index (χ4n) is 3.28. The van der Waals surface area contributed by atoms with Crippen molar-refractivity contribution in [3.8, 4) is 0 Å². The number of amides is 1. The second kappa shape index (κ2) is 6.99. The van der Waals surface area contributed by atoms with Gasteiger partial charge in [-0.2, -0.15) is 0 Å². The van der Waals surface area contributed by atoms with Crippen LogP contribution in [0.15, 0.2) is 41.2 Å². The fourth-order valence-corrected chi connectivity index (χ4v) is 3.28. The highest BCUT2D eigenvalue weighted by atomic mass is 16.3. The van der Waals surface area contributed by atoms with Gasteiger partial charge in [0.2, 0.25) is 0 Å². The highest BCUT2D eigenvalue weighted by Gasteiger charge is 2.24. The van der Waals surface area contributed by atoms with E-state index in [0.717, 1.165) is 25.9 Å². The predicted octanol–water partition coefficient (Wildman–Crippen LogP) is 3.37. The van der Waals surface area contributed by atoms with Gasteiger partial charge >= 0.3 is 0 Å². The molecular formula is C19H25N3O2. The van der Waals surface area contributed by atoms with Gasteiger partial charge in [0.15, 0.2) is 0 Å². The number of nitrogens with zero attached hydrogens (tertiary/aromatic N) is 2. The molecule has 2 heterocycles. The van der Waals surface area contributed by atoms with Gasteiger partial charge in [-0.3, -0.25) is 4.79 Å². The molecule has 1 aliphatic rings. The van der Waals surface area contributed by atoms with Crippen LogP contribution >= 0.6 is 0 Å². The van der Waals surface area contributed by atoms with Crippen molar-refractivity contribution in [2.75, 3.05) is 37.4 Å². The van der Waals surface area contributed by atoms with Crippen LogP contribution in [0.4, 0.5) is 11.4 Å². The molecule has 128 valence electrons. The maximum atomic E-state index is 12.3. The van der Waals surface area contributed by atoms with Crippen LogP contribution in [0.3, 0.4) is 0 Å². The molecule has 1 fully saturated rings. The first-order valence-corrected chi connectivity index (χ1v) is 8.41. The van der Waals surface area contributed by atoms with Crippen LogP contribution in [0.5, 0.6) is 0 Å². The minimum Gasteiger partial charge on any atom is -0.472 e. The molecule has 0 unspecified atom stereocenters. The summed E-state index contributed by atoms with van der Waals surface area (Å²) in [5, 5.41) is 3.66. The Balaban J connectivity index is 1.60. The fraction of sp³-hybridized carbons (Fsp3) is 0.421. The summed E-state index contributed by atoms with van der Waals surface area (Å²) in [5.74, 6) is 0.0629. The molecule has 0 aliphatic carbocycles. The Morgan fingerprint density at radius 2 is 2.00 bits per heavy atom. The predicted molar refractivity (Wildman–Crippen MR) is 96.8 cm³/mol. The Hall–Kier alpha value is -2.43. The molecule has 2 aromatic rings. The first-order chi connectivity index (χ1) is 11.6. The second-order valence-corrected chi connectivity index (χ2v) is 6.57. The van der Waals surface area contributed by atoms with E-state index in [9.17, 15) is 4.79 Å². The standard InChI is InChI=1S/C19H25N3O2/c1-14-17(5-4-6-18(14)21(2)3)20-16-7-10-22(11-8-16)19(23)15-9-12-24-13-15/h4-6,9,12-13,16,20H,7-8,10-11H2,1-3H3. The topological polar surface area (TPSA) is 48.7 Å². The SMILES string of the molecule is Cc1c(NC2CCN(C(=O)c3ccoc3)CC2)cccc1N(C)C. The minimum atomic E-state index is 0.0629. The van der Waals surface area contributed by atoms with Crippen molar-refractivity contribution < 1.29 is 9.21 Å². The summed E-state index contributed by atoms with van der Waals surface area (Å²) < 4.78 is 5.01. The number of piperidine rings is 1. The van der Waals surface area contributed by atoms with Gasteiger partial charge in [-0.05, 0) is 43.5 Å². The van der Waals surface area contributed by atoms with Crippen LogP contribution in [0, 0.1) is 6.92 Å². The summed E-state index contributed by atoms with van der Waals surface area (Å²) in [6.07, 6.45) is 4.97. The third kappa shape index (κ3) is 3.40. The Morgan fingerprint density at radius 1 is 1.25 bits per heavy atom. The number of carbonyl (C=O) groups is 1. The number of hydrogen-bond acceptors (Lipinski definition) is 4. The molecule has 1 aliphatic heterocycles. The third-order valence-corrected chi connectivity index (χ3v) is 4.70. The number of hydrogen-bond donors (Lipinski definition) is 1. The first-order valence-electron chi connectivity index (χ1n) is 8.41. The molecule has 5 heteroatoms.